The summed E-state index contributed by atoms with van der Waals surface area (Å²) in [6.45, 7) is 1.84. The second-order valence-corrected chi connectivity index (χ2v) is 6.47. The number of hydrogen-bond acceptors (Lipinski definition) is 8. The number of rotatable bonds is 8. The molecule has 0 heterocycles. The van der Waals surface area contributed by atoms with Gasteiger partial charge in [-0.1, -0.05) is 0 Å². The molecule has 0 saturated carbocycles. The number of ether oxygens (including phenoxy) is 2. The summed E-state index contributed by atoms with van der Waals surface area (Å²) in [5.41, 5.74) is 0. The van der Waals surface area contributed by atoms with E-state index in [1.807, 2.05) is 0 Å². The molecule has 8 nitrogen and oxygen atoms in total. The van der Waals surface area contributed by atoms with Gasteiger partial charge in [0, 0.05) is 0 Å². The normalized spacial score (nSPS) is 15.7. The van der Waals surface area contributed by atoms with Crippen molar-refractivity contribution in [1.29, 1.82) is 0 Å². The standard InChI is InChI=1S/C10H18NO7.Pb/c1-7(14)17-9(10(16)18-8(2)15)11(3-5-12)4-6-13;/h10,12-13,16H,3-6H2,1-2H3;. The van der Waals surface area contributed by atoms with Crippen molar-refractivity contribution in [1.82, 2.24) is 4.90 Å². The van der Waals surface area contributed by atoms with E-state index in [0.29, 0.717) is 0 Å². The van der Waals surface area contributed by atoms with E-state index < -0.39 is 21.5 Å². The van der Waals surface area contributed by atoms with Crippen LogP contribution < -0.4 is 0 Å². The summed E-state index contributed by atoms with van der Waals surface area (Å²) < 4.78 is 8.17. The van der Waals surface area contributed by atoms with Gasteiger partial charge in [0.2, 0.25) is 0 Å². The molecule has 0 aliphatic carbocycles. The van der Waals surface area contributed by atoms with Gasteiger partial charge in [-0.05, 0) is 0 Å². The third-order valence-electron chi connectivity index (χ3n) is 2.12. The first-order chi connectivity index (χ1) is 8.77. The maximum atomic E-state index is 11.2. The fourth-order valence-corrected chi connectivity index (χ4v) is 3.07. The van der Waals surface area contributed by atoms with Crippen molar-refractivity contribution in [2.24, 2.45) is 0 Å². The first-order valence-electron chi connectivity index (χ1n) is 5.54. The summed E-state index contributed by atoms with van der Waals surface area (Å²) in [5.74, 6) is -1.39. The van der Waals surface area contributed by atoms with Crippen LogP contribution in [0.1, 0.15) is 13.8 Å². The van der Waals surface area contributed by atoms with E-state index in [2.05, 4.69) is 4.74 Å². The molecule has 2 atom stereocenters. The molecule has 3 radical (unpaired) electrons. The van der Waals surface area contributed by atoms with E-state index in [-0.39, 0.29) is 52.1 Å². The summed E-state index contributed by atoms with van der Waals surface area (Å²) in [5, 5.41) is 27.9. The molecular formula is C10H18NO7Pb. The molecule has 109 valence electrons. The van der Waals surface area contributed by atoms with Crippen molar-refractivity contribution >= 4 is 37.7 Å². The maximum absolute atomic E-state index is 11.2. The van der Waals surface area contributed by atoms with E-state index in [4.69, 9.17) is 14.9 Å². The third-order valence-corrected chi connectivity index (χ3v) is 4.71. The van der Waals surface area contributed by atoms with Crippen LogP contribution >= 0.6 is 0 Å². The molecule has 0 amide bonds. The van der Waals surface area contributed by atoms with Crippen LogP contribution in [0.3, 0.4) is 0 Å². The van der Waals surface area contributed by atoms with E-state index in [0.717, 1.165) is 13.8 Å². The fraction of sp³-hybridized carbons (Fsp3) is 0.800. The zero-order valence-electron chi connectivity index (χ0n) is 10.8. The van der Waals surface area contributed by atoms with Crippen LogP contribution in [0, 0.1) is 0 Å². The zero-order chi connectivity index (χ0) is 15.1. The van der Waals surface area contributed by atoms with Crippen LogP contribution in [0.4, 0.5) is 0 Å². The molecule has 0 aliphatic heterocycles. The zero-order valence-corrected chi connectivity index (χ0v) is 14.7. The molecule has 9 heteroatoms. The van der Waals surface area contributed by atoms with Gasteiger partial charge in [-0.15, -0.1) is 0 Å². The fourth-order valence-electron chi connectivity index (χ4n) is 1.41. The van der Waals surface area contributed by atoms with Crippen LogP contribution in [0.25, 0.3) is 0 Å². The van der Waals surface area contributed by atoms with Gasteiger partial charge >= 0.3 is 127 Å². The minimum absolute atomic E-state index is 0.0513. The molecule has 0 rings (SSSR count). The Morgan fingerprint density at radius 3 is 2.00 bits per heavy atom. The number of aliphatic hydroxyl groups is 3. The predicted molar refractivity (Wildman–Crippen MR) is 63.8 cm³/mol. The number of carbonyl (C=O) groups is 2. The third kappa shape index (κ3) is 6.12. The molecule has 0 saturated heterocycles. The topological polar surface area (TPSA) is 117 Å². The Hall–Kier alpha value is -0.298. The SMILES string of the molecule is CC(=O)OC(O)[C]([Pb])(OC(C)=O)N(CCO)CCO. The quantitative estimate of drug-likeness (QED) is 0.203. The number of hydrogen-bond donors (Lipinski definition) is 3. The van der Waals surface area contributed by atoms with E-state index in [9.17, 15) is 14.7 Å². The molecule has 0 fully saturated rings. The number of esters is 2. The Labute approximate surface area is 127 Å². The molecule has 0 aliphatic rings. The summed E-state index contributed by atoms with van der Waals surface area (Å²) in [7, 11) is 0. The van der Waals surface area contributed by atoms with Crippen molar-refractivity contribution < 1.29 is 34.4 Å². The first-order valence-corrected chi connectivity index (χ1v) is 7.49. The van der Waals surface area contributed by atoms with E-state index in [1.165, 1.54) is 4.90 Å². The molecule has 19 heavy (non-hydrogen) atoms. The molecule has 0 aromatic rings. The van der Waals surface area contributed by atoms with Gasteiger partial charge in [0.25, 0.3) is 0 Å². The monoisotopic (exact) mass is 472 g/mol. The minimum atomic E-state index is -1.68. The Morgan fingerprint density at radius 2 is 1.68 bits per heavy atom. The molecule has 0 aromatic carbocycles. The van der Waals surface area contributed by atoms with Crippen molar-refractivity contribution in [3.05, 3.63) is 0 Å². The van der Waals surface area contributed by atoms with Crippen molar-refractivity contribution in [3.63, 3.8) is 0 Å². The Bertz CT molecular complexity index is 308. The van der Waals surface area contributed by atoms with Gasteiger partial charge < -0.3 is 0 Å². The second kappa shape index (κ2) is 8.79. The van der Waals surface area contributed by atoms with Crippen molar-refractivity contribution in [2.45, 2.75) is 23.4 Å². The van der Waals surface area contributed by atoms with Crippen molar-refractivity contribution in [3.8, 4) is 0 Å². The van der Waals surface area contributed by atoms with Crippen LogP contribution in [-0.4, -0.2) is 93.8 Å². The average Bonchev–Trinajstić information content (AvgIpc) is 2.26. The van der Waals surface area contributed by atoms with Gasteiger partial charge in [0.1, 0.15) is 0 Å². The number of nitrogens with zero attached hydrogens (tertiary/aromatic N) is 1. The van der Waals surface area contributed by atoms with Crippen LogP contribution in [0.5, 0.6) is 0 Å². The number of carbonyl (C=O) groups excluding carboxylic acids is 2. The molecule has 2 unspecified atom stereocenters. The van der Waals surface area contributed by atoms with E-state index in [1.54, 1.807) is 0 Å². The summed E-state index contributed by atoms with van der Waals surface area (Å²) >= 11 is 0.101. The second-order valence-electron chi connectivity index (χ2n) is 3.69. The molecular weight excluding hydrogens is 453 g/mol. The number of aliphatic hydroxyl groups excluding tert-OH is 3. The summed E-state index contributed by atoms with van der Waals surface area (Å²) in [4.78, 5) is 23.4. The molecule has 0 bridgehead atoms. The van der Waals surface area contributed by atoms with Crippen LogP contribution in [0.2, 0.25) is 0 Å². The van der Waals surface area contributed by atoms with E-state index >= 15 is 0 Å². The van der Waals surface area contributed by atoms with Gasteiger partial charge in [0.05, 0.1) is 0 Å². The summed E-state index contributed by atoms with van der Waals surface area (Å²) in [6.07, 6.45) is -1.68. The van der Waals surface area contributed by atoms with Crippen LogP contribution in [0.15, 0.2) is 0 Å². The molecule has 0 spiro atoms. The van der Waals surface area contributed by atoms with Crippen molar-refractivity contribution in [2.75, 3.05) is 26.3 Å². The van der Waals surface area contributed by atoms with Gasteiger partial charge in [-0.2, -0.15) is 0 Å². The first kappa shape index (κ1) is 18.7. The van der Waals surface area contributed by atoms with Gasteiger partial charge in [-0.3, -0.25) is 0 Å². The van der Waals surface area contributed by atoms with Gasteiger partial charge in [-0.25, -0.2) is 0 Å². The predicted octanol–water partition coefficient (Wildman–Crippen LogP) is -2.46. The Balaban J connectivity index is 5.19. The molecule has 0 aromatic heterocycles. The Morgan fingerprint density at radius 1 is 1.21 bits per heavy atom. The Kier molecular flexibility index (Phi) is 8.65. The molecule has 3 N–H and O–H groups in total. The van der Waals surface area contributed by atoms with Crippen LogP contribution in [-0.2, 0) is 19.1 Å². The average molecular weight is 471 g/mol. The van der Waals surface area contributed by atoms with Gasteiger partial charge in [0.15, 0.2) is 0 Å². The summed E-state index contributed by atoms with van der Waals surface area (Å²) in [6, 6.07) is 0.